The lowest BCUT2D eigenvalue weighted by Gasteiger charge is -2.29. The Hall–Kier alpha value is -2.36. The SMILES string of the molecule is C#CCO[C@]1(C#C)[C@@H](CO)O[C@@H](n2ccc(=O)[nH]c2=O)[C@@H]1O. The van der Waals surface area contributed by atoms with Crippen LogP contribution in [0.4, 0.5) is 0 Å². The third kappa shape index (κ3) is 2.45. The molecule has 1 fully saturated rings. The summed E-state index contributed by atoms with van der Waals surface area (Å²) in [6.45, 7) is -0.769. The molecule has 1 aromatic heterocycles. The molecule has 1 saturated heterocycles. The summed E-state index contributed by atoms with van der Waals surface area (Å²) in [6, 6.07) is 1.09. The van der Waals surface area contributed by atoms with Crippen LogP contribution >= 0.6 is 0 Å². The number of terminal acetylenes is 2. The van der Waals surface area contributed by atoms with Gasteiger partial charge in [0.2, 0.25) is 0 Å². The fourth-order valence-electron chi connectivity index (χ4n) is 2.33. The Kier molecular flexibility index (Phi) is 4.50. The molecule has 8 heteroatoms. The molecule has 1 aromatic rings. The molecule has 1 aliphatic heterocycles. The summed E-state index contributed by atoms with van der Waals surface area (Å²) in [5, 5.41) is 19.9. The van der Waals surface area contributed by atoms with E-state index < -0.39 is 41.9 Å². The van der Waals surface area contributed by atoms with Gasteiger partial charge in [-0.05, 0) is 0 Å². The van der Waals surface area contributed by atoms with E-state index in [9.17, 15) is 19.8 Å². The Labute approximate surface area is 125 Å². The second-order valence-corrected chi connectivity index (χ2v) is 4.59. The molecule has 4 atom stereocenters. The largest absolute Gasteiger partial charge is 0.394 e. The van der Waals surface area contributed by atoms with Crippen LogP contribution in [0.15, 0.2) is 21.9 Å². The Morgan fingerprint density at radius 1 is 1.50 bits per heavy atom. The normalized spacial score (nSPS) is 30.6. The highest BCUT2D eigenvalue weighted by molar-refractivity contribution is 5.21. The van der Waals surface area contributed by atoms with Crippen LogP contribution in [0.1, 0.15) is 6.23 Å². The quantitative estimate of drug-likeness (QED) is 0.545. The molecule has 0 amide bonds. The van der Waals surface area contributed by atoms with E-state index in [1.165, 1.54) is 0 Å². The van der Waals surface area contributed by atoms with Crippen LogP contribution in [-0.2, 0) is 9.47 Å². The van der Waals surface area contributed by atoms with Crippen molar-refractivity contribution < 1.29 is 19.7 Å². The van der Waals surface area contributed by atoms with Gasteiger partial charge in [0.15, 0.2) is 11.8 Å². The van der Waals surface area contributed by atoms with E-state index in [1.54, 1.807) is 0 Å². The molecule has 0 aromatic carbocycles. The first-order valence-corrected chi connectivity index (χ1v) is 6.31. The first-order valence-electron chi connectivity index (χ1n) is 6.31. The number of rotatable bonds is 4. The van der Waals surface area contributed by atoms with Crippen molar-refractivity contribution in [2.24, 2.45) is 0 Å². The summed E-state index contributed by atoms with van der Waals surface area (Å²) < 4.78 is 11.7. The second-order valence-electron chi connectivity index (χ2n) is 4.59. The van der Waals surface area contributed by atoms with Gasteiger partial charge in [-0.3, -0.25) is 14.3 Å². The minimum absolute atomic E-state index is 0.214. The van der Waals surface area contributed by atoms with Gasteiger partial charge in [0.1, 0.15) is 18.8 Å². The van der Waals surface area contributed by atoms with Crippen molar-refractivity contribution in [3.63, 3.8) is 0 Å². The van der Waals surface area contributed by atoms with Crippen LogP contribution in [-0.4, -0.2) is 50.8 Å². The van der Waals surface area contributed by atoms with Gasteiger partial charge in [-0.25, -0.2) is 4.79 Å². The van der Waals surface area contributed by atoms with Crippen molar-refractivity contribution in [2.45, 2.75) is 24.0 Å². The van der Waals surface area contributed by atoms with Gasteiger partial charge in [-0.1, -0.05) is 11.8 Å². The molecule has 0 spiro atoms. The van der Waals surface area contributed by atoms with E-state index in [0.717, 1.165) is 16.8 Å². The summed E-state index contributed by atoms with van der Waals surface area (Å²) >= 11 is 0. The molecule has 1 aliphatic rings. The van der Waals surface area contributed by atoms with Crippen LogP contribution in [0.5, 0.6) is 0 Å². The molecule has 2 rings (SSSR count). The topological polar surface area (TPSA) is 114 Å². The molecular formula is C14H14N2O6. The number of aromatic amines is 1. The van der Waals surface area contributed by atoms with E-state index in [1.807, 2.05) is 4.98 Å². The number of aliphatic hydroxyl groups excluding tert-OH is 2. The Bertz CT molecular complexity index is 739. The number of aromatic nitrogens is 2. The zero-order valence-corrected chi connectivity index (χ0v) is 11.4. The van der Waals surface area contributed by atoms with Crippen LogP contribution in [0.2, 0.25) is 0 Å². The average molecular weight is 306 g/mol. The lowest BCUT2D eigenvalue weighted by Crippen LogP contribution is -2.50. The third-order valence-corrected chi connectivity index (χ3v) is 3.40. The second kappa shape index (κ2) is 6.18. The highest BCUT2D eigenvalue weighted by Gasteiger charge is 2.57. The Morgan fingerprint density at radius 3 is 2.77 bits per heavy atom. The number of nitrogens with one attached hydrogen (secondary N) is 1. The lowest BCUT2D eigenvalue weighted by molar-refractivity contribution is -0.0897. The predicted octanol–water partition coefficient (Wildman–Crippen LogP) is -2.19. The summed E-state index contributed by atoms with van der Waals surface area (Å²) in [5.74, 6) is 4.46. The van der Waals surface area contributed by atoms with Crippen molar-refractivity contribution in [3.05, 3.63) is 33.1 Å². The van der Waals surface area contributed by atoms with Crippen LogP contribution in [0.25, 0.3) is 0 Å². The maximum atomic E-state index is 11.8. The highest BCUT2D eigenvalue weighted by Crippen LogP contribution is 2.38. The van der Waals surface area contributed by atoms with E-state index in [2.05, 4.69) is 11.8 Å². The molecule has 2 heterocycles. The zero-order chi connectivity index (χ0) is 16.3. The fraction of sp³-hybridized carbons (Fsp3) is 0.429. The maximum Gasteiger partial charge on any atom is 0.330 e. The van der Waals surface area contributed by atoms with Crippen molar-refractivity contribution in [3.8, 4) is 24.7 Å². The highest BCUT2D eigenvalue weighted by atomic mass is 16.6. The van der Waals surface area contributed by atoms with Crippen molar-refractivity contribution in [1.82, 2.24) is 9.55 Å². The summed E-state index contributed by atoms with van der Waals surface area (Å²) in [6.07, 6.45) is 7.88. The van der Waals surface area contributed by atoms with Gasteiger partial charge in [-0.15, -0.1) is 12.8 Å². The molecule has 0 radical (unpaired) electrons. The number of ether oxygens (including phenoxy) is 2. The van der Waals surface area contributed by atoms with Gasteiger partial charge < -0.3 is 19.7 Å². The van der Waals surface area contributed by atoms with Gasteiger partial charge in [0, 0.05) is 12.3 Å². The molecule has 22 heavy (non-hydrogen) atoms. The molecule has 0 saturated carbocycles. The predicted molar refractivity (Wildman–Crippen MR) is 74.7 cm³/mol. The van der Waals surface area contributed by atoms with Crippen molar-refractivity contribution in [1.29, 1.82) is 0 Å². The molecule has 3 N–H and O–H groups in total. The first kappa shape index (κ1) is 16.0. The molecule has 8 nitrogen and oxygen atoms in total. The minimum Gasteiger partial charge on any atom is -0.394 e. The van der Waals surface area contributed by atoms with Crippen molar-refractivity contribution >= 4 is 0 Å². The molecular weight excluding hydrogens is 292 g/mol. The Balaban J connectivity index is 2.45. The van der Waals surface area contributed by atoms with Crippen molar-refractivity contribution in [2.75, 3.05) is 13.2 Å². The standard InChI is InChI=1S/C14H14N2O6/c1-3-7-21-14(4-2)9(8-17)22-12(11(14)19)16-6-5-10(18)15-13(16)20/h1-2,5-6,9,11-12,17,19H,7-8H2,(H,15,18,20)/t9-,11+,12-,14-/m1/s1. The van der Waals surface area contributed by atoms with Crippen LogP contribution < -0.4 is 11.2 Å². The molecule has 116 valence electrons. The molecule has 0 aliphatic carbocycles. The average Bonchev–Trinajstić information content (AvgIpc) is 2.78. The zero-order valence-electron chi connectivity index (χ0n) is 11.4. The number of hydrogen-bond donors (Lipinski definition) is 3. The van der Waals surface area contributed by atoms with E-state index in [0.29, 0.717) is 0 Å². The van der Waals surface area contributed by atoms with E-state index >= 15 is 0 Å². The maximum absolute atomic E-state index is 11.8. The Morgan fingerprint density at radius 2 is 2.23 bits per heavy atom. The van der Waals surface area contributed by atoms with Gasteiger partial charge in [0.25, 0.3) is 5.56 Å². The van der Waals surface area contributed by atoms with Crippen LogP contribution in [0, 0.1) is 24.7 Å². The number of H-pyrrole nitrogens is 1. The number of aliphatic hydroxyl groups is 2. The molecule has 0 bridgehead atoms. The van der Waals surface area contributed by atoms with E-state index in [-0.39, 0.29) is 6.61 Å². The lowest BCUT2D eigenvalue weighted by atomic mass is 9.93. The third-order valence-electron chi connectivity index (χ3n) is 3.40. The smallest absolute Gasteiger partial charge is 0.330 e. The summed E-state index contributed by atoms with van der Waals surface area (Å²) in [5.41, 5.74) is -3.10. The van der Waals surface area contributed by atoms with Gasteiger partial charge in [0.05, 0.1) is 6.61 Å². The summed E-state index contributed by atoms with van der Waals surface area (Å²) in [7, 11) is 0. The van der Waals surface area contributed by atoms with Gasteiger partial charge in [-0.2, -0.15) is 0 Å². The minimum atomic E-state index is -1.71. The monoisotopic (exact) mass is 306 g/mol. The number of hydrogen-bond acceptors (Lipinski definition) is 6. The van der Waals surface area contributed by atoms with E-state index in [4.69, 9.17) is 22.3 Å². The number of nitrogens with zero attached hydrogens (tertiary/aromatic N) is 1. The van der Waals surface area contributed by atoms with Crippen LogP contribution in [0.3, 0.4) is 0 Å². The molecule has 0 unspecified atom stereocenters. The summed E-state index contributed by atoms with van der Waals surface area (Å²) in [4.78, 5) is 24.9. The fourth-order valence-corrected chi connectivity index (χ4v) is 2.33. The first-order chi connectivity index (χ1) is 10.5. The van der Waals surface area contributed by atoms with Gasteiger partial charge >= 0.3 is 5.69 Å².